The molecule has 0 amide bonds. The number of ether oxygens (including phenoxy) is 1. The van der Waals surface area contributed by atoms with Gasteiger partial charge in [0.2, 0.25) is 0 Å². The summed E-state index contributed by atoms with van der Waals surface area (Å²) in [5.74, 6) is 1.49. The summed E-state index contributed by atoms with van der Waals surface area (Å²) >= 11 is 3.59. The molecule has 0 saturated carbocycles. The van der Waals surface area contributed by atoms with Gasteiger partial charge < -0.3 is 4.74 Å². The Morgan fingerprint density at radius 2 is 1.89 bits per heavy atom. The minimum atomic E-state index is -0.349. The van der Waals surface area contributed by atoms with Crippen molar-refractivity contribution in [3.8, 4) is 5.75 Å². The zero-order valence-corrected chi connectivity index (χ0v) is 14.9. The molecule has 0 unspecified atom stereocenters. The van der Waals surface area contributed by atoms with E-state index in [0.717, 1.165) is 12.4 Å². The molecule has 0 atom stereocenters. The summed E-state index contributed by atoms with van der Waals surface area (Å²) in [6.07, 6.45) is 0. The van der Waals surface area contributed by atoms with Crippen molar-refractivity contribution in [2.75, 3.05) is 6.61 Å². The maximum atomic E-state index is 5.98. The smallest absolute Gasteiger partial charge is 0.119 e. The van der Waals surface area contributed by atoms with E-state index in [1.165, 1.54) is 10.0 Å². The molecule has 18 heavy (non-hydrogen) atoms. The number of hydrogen-bond acceptors (Lipinski definition) is 1. The predicted molar refractivity (Wildman–Crippen MR) is 85.2 cm³/mol. The van der Waals surface area contributed by atoms with Crippen LogP contribution < -0.4 is 4.74 Å². The largest absolute Gasteiger partial charge is 0.493 e. The fourth-order valence-corrected chi connectivity index (χ4v) is 2.53. The second-order valence-electron chi connectivity index (χ2n) is 6.01. The average molecular weight is 328 g/mol. The van der Waals surface area contributed by atoms with Crippen LogP contribution in [0.2, 0.25) is 18.1 Å². The van der Waals surface area contributed by atoms with Crippen LogP contribution >= 0.6 is 15.9 Å². The van der Waals surface area contributed by atoms with Crippen LogP contribution in [0.25, 0.3) is 0 Å². The molecule has 1 aromatic carbocycles. The molecule has 0 N–H and O–H groups in total. The Hall–Kier alpha value is -0.283. The molecule has 1 rings (SSSR count). The lowest BCUT2D eigenvalue weighted by molar-refractivity contribution is 0.276. The third kappa shape index (κ3) is 4.13. The first-order valence-electron chi connectivity index (χ1n) is 6.47. The minimum absolute atomic E-state index is 0.301. The average Bonchev–Trinajstić information content (AvgIpc) is 2.27. The zero-order chi connectivity index (χ0) is 13.9. The van der Waals surface area contributed by atoms with Crippen molar-refractivity contribution < 1.29 is 4.74 Å². The lowest BCUT2D eigenvalue weighted by atomic mass is 10.0. The summed E-state index contributed by atoms with van der Waals surface area (Å²) < 4.78 is 7.15. The van der Waals surface area contributed by atoms with E-state index in [1.54, 1.807) is 0 Å². The third-order valence-electron chi connectivity index (χ3n) is 3.54. The standard InChI is InChI=1S/C15H24BrOSi/c1-11(2)13-9-12(7-8-14(13)16)17-10-15(3,4)18(5)6/h7-9,11H,10H2,1-6H3. The van der Waals surface area contributed by atoms with E-state index in [0.29, 0.717) is 11.0 Å². The number of rotatable bonds is 5. The Morgan fingerprint density at radius 1 is 1.28 bits per heavy atom. The fourth-order valence-electron chi connectivity index (χ4n) is 1.46. The van der Waals surface area contributed by atoms with E-state index in [9.17, 15) is 0 Å². The predicted octanol–water partition coefficient (Wildman–Crippen LogP) is 5.49. The normalized spacial score (nSPS) is 12.3. The molecule has 101 valence electrons. The van der Waals surface area contributed by atoms with Gasteiger partial charge in [0.25, 0.3) is 0 Å². The van der Waals surface area contributed by atoms with Gasteiger partial charge >= 0.3 is 0 Å². The van der Waals surface area contributed by atoms with Crippen LogP contribution in [0.4, 0.5) is 0 Å². The zero-order valence-electron chi connectivity index (χ0n) is 12.3. The third-order valence-corrected chi connectivity index (χ3v) is 7.12. The number of hydrogen-bond donors (Lipinski definition) is 0. The molecule has 0 spiro atoms. The van der Waals surface area contributed by atoms with E-state index >= 15 is 0 Å². The monoisotopic (exact) mass is 327 g/mol. The molecular weight excluding hydrogens is 304 g/mol. The van der Waals surface area contributed by atoms with Crippen LogP contribution in [0.15, 0.2) is 22.7 Å². The van der Waals surface area contributed by atoms with Gasteiger partial charge in [0.15, 0.2) is 0 Å². The highest BCUT2D eigenvalue weighted by atomic mass is 79.9. The van der Waals surface area contributed by atoms with Crippen molar-refractivity contribution in [1.29, 1.82) is 0 Å². The Labute approximate surface area is 122 Å². The van der Waals surface area contributed by atoms with Gasteiger partial charge in [-0.05, 0) is 34.7 Å². The van der Waals surface area contributed by atoms with Crippen molar-refractivity contribution >= 4 is 24.7 Å². The highest BCUT2D eigenvalue weighted by Crippen LogP contribution is 2.32. The van der Waals surface area contributed by atoms with Crippen LogP contribution in [-0.4, -0.2) is 15.4 Å². The maximum absolute atomic E-state index is 5.98. The summed E-state index contributed by atoms with van der Waals surface area (Å²) in [4.78, 5) is 0. The lowest BCUT2D eigenvalue weighted by Crippen LogP contribution is -2.27. The first-order valence-corrected chi connectivity index (χ1v) is 9.76. The molecule has 0 bridgehead atoms. The Morgan fingerprint density at radius 3 is 2.39 bits per heavy atom. The van der Waals surface area contributed by atoms with E-state index in [2.05, 4.69) is 68.9 Å². The van der Waals surface area contributed by atoms with Crippen LogP contribution in [0, 0.1) is 0 Å². The molecule has 0 fully saturated rings. The van der Waals surface area contributed by atoms with Crippen molar-refractivity contribution in [1.82, 2.24) is 0 Å². The van der Waals surface area contributed by atoms with Gasteiger partial charge in [-0.15, -0.1) is 0 Å². The summed E-state index contributed by atoms with van der Waals surface area (Å²) in [5.41, 5.74) is 1.31. The highest BCUT2D eigenvalue weighted by molar-refractivity contribution is 9.10. The second kappa shape index (κ2) is 6.24. The molecule has 3 heteroatoms. The van der Waals surface area contributed by atoms with Crippen LogP contribution in [-0.2, 0) is 0 Å². The van der Waals surface area contributed by atoms with E-state index in [-0.39, 0.29) is 8.80 Å². The van der Waals surface area contributed by atoms with E-state index in [1.807, 2.05) is 6.07 Å². The fraction of sp³-hybridized carbons (Fsp3) is 0.600. The molecular formula is C15H24BrOSi. The summed E-state index contributed by atoms with van der Waals surface area (Å²) in [5, 5.41) is 0.301. The highest BCUT2D eigenvalue weighted by Gasteiger charge is 2.24. The minimum Gasteiger partial charge on any atom is -0.493 e. The summed E-state index contributed by atoms with van der Waals surface area (Å²) in [7, 11) is -0.349. The molecule has 0 saturated heterocycles. The second-order valence-corrected chi connectivity index (χ2v) is 10.2. The van der Waals surface area contributed by atoms with Gasteiger partial charge in [0, 0.05) is 4.47 Å². The lowest BCUT2D eigenvalue weighted by Gasteiger charge is -2.28. The molecule has 0 aromatic heterocycles. The van der Waals surface area contributed by atoms with Crippen molar-refractivity contribution in [3.63, 3.8) is 0 Å². The van der Waals surface area contributed by atoms with Gasteiger partial charge in [-0.1, -0.05) is 56.7 Å². The molecule has 0 heterocycles. The quantitative estimate of drug-likeness (QED) is 0.650. The van der Waals surface area contributed by atoms with Gasteiger partial charge in [-0.2, -0.15) is 0 Å². The van der Waals surface area contributed by atoms with Gasteiger partial charge in [-0.25, -0.2) is 0 Å². The van der Waals surface area contributed by atoms with Gasteiger partial charge in [-0.3, -0.25) is 0 Å². The topological polar surface area (TPSA) is 9.23 Å². The summed E-state index contributed by atoms with van der Waals surface area (Å²) in [6, 6.07) is 6.29. The first-order chi connectivity index (χ1) is 8.24. The molecule has 1 aromatic rings. The SMILES string of the molecule is CC(C)c1cc(OCC(C)(C)[Si](C)C)ccc1Br. The molecule has 0 aliphatic rings. The number of halogens is 1. The van der Waals surface area contributed by atoms with Crippen molar-refractivity contribution in [2.24, 2.45) is 0 Å². The maximum Gasteiger partial charge on any atom is 0.119 e. The Bertz CT molecular complexity index is 399. The van der Waals surface area contributed by atoms with Crippen LogP contribution in [0.1, 0.15) is 39.2 Å². The van der Waals surface area contributed by atoms with Gasteiger partial charge in [0.1, 0.15) is 5.75 Å². The van der Waals surface area contributed by atoms with Crippen LogP contribution in [0.5, 0.6) is 5.75 Å². The van der Waals surface area contributed by atoms with Crippen LogP contribution in [0.3, 0.4) is 0 Å². The molecule has 1 radical (unpaired) electrons. The van der Waals surface area contributed by atoms with Gasteiger partial charge in [0.05, 0.1) is 15.4 Å². The van der Waals surface area contributed by atoms with Crippen molar-refractivity contribution in [3.05, 3.63) is 28.2 Å². The molecule has 0 aliphatic heterocycles. The molecule has 1 nitrogen and oxygen atoms in total. The van der Waals surface area contributed by atoms with E-state index < -0.39 is 0 Å². The molecule has 0 aliphatic carbocycles. The summed E-state index contributed by atoms with van der Waals surface area (Å²) in [6.45, 7) is 14.5. The first kappa shape index (κ1) is 15.8. The Balaban J connectivity index is 2.78. The Kier molecular flexibility index (Phi) is 5.47. The van der Waals surface area contributed by atoms with E-state index in [4.69, 9.17) is 4.74 Å². The van der Waals surface area contributed by atoms with Crippen molar-refractivity contribution in [2.45, 2.75) is 51.7 Å². The number of benzene rings is 1.